The zero-order valence-electron chi connectivity index (χ0n) is 10.0. The molecule has 0 spiro atoms. The second kappa shape index (κ2) is 5.77. The number of carbonyl (C=O) groups is 1. The first-order valence-corrected chi connectivity index (χ1v) is 7.18. The number of hydrazine groups is 1. The molecule has 3 N–H and O–H groups in total. The maximum Gasteiger partial charge on any atom is 0.274 e. The monoisotopic (exact) mass is 286 g/mol. The molecule has 1 saturated heterocycles. The lowest BCUT2D eigenvalue weighted by atomic mass is 10.2. The van der Waals surface area contributed by atoms with E-state index in [1.807, 2.05) is 23.6 Å². The maximum absolute atomic E-state index is 12.4. The third kappa shape index (κ3) is 2.71. The van der Waals surface area contributed by atoms with Gasteiger partial charge in [-0.15, -0.1) is 0 Å². The zero-order valence-corrected chi connectivity index (χ0v) is 11.6. The molecule has 98 valence electrons. The van der Waals surface area contributed by atoms with Crippen LogP contribution < -0.4 is 11.3 Å². The summed E-state index contributed by atoms with van der Waals surface area (Å²) in [5.41, 5.74) is 2.67. The van der Waals surface area contributed by atoms with Gasteiger partial charge in [0.25, 0.3) is 5.91 Å². The summed E-state index contributed by atoms with van der Waals surface area (Å²) in [7, 11) is 0. The Morgan fingerprint density at radius 1 is 1.67 bits per heavy atom. The number of nitrogen functional groups attached to an aromatic ring is 1. The summed E-state index contributed by atoms with van der Waals surface area (Å²) in [6, 6.07) is 3.46. The molecular weight excluding hydrogens is 272 g/mol. The number of halogens is 1. The molecular formula is C11H15ClN4OS. The van der Waals surface area contributed by atoms with E-state index in [1.165, 1.54) is 0 Å². The van der Waals surface area contributed by atoms with Gasteiger partial charge in [0.1, 0.15) is 11.5 Å². The number of amides is 1. The highest BCUT2D eigenvalue weighted by Crippen LogP contribution is 2.22. The van der Waals surface area contributed by atoms with Gasteiger partial charge in [-0.05, 0) is 19.1 Å². The molecule has 1 aliphatic heterocycles. The molecule has 1 aromatic rings. The summed E-state index contributed by atoms with van der Waals surface area (Å²) in [5.74, 6) is 7.48. The van der Waals surface area contributed by atoms with Crippen LogP contribution in [0, 0.1) is 0 Å². The van der Waals surface area contributed by atoms with Gasteiger partial charge in [0.2, 0.25) is 0 Å². The number of nitrogens with zero attached hydrogens (tertiary/aromatic N) is 2. The highest BCUT2D eigenvalue weighted by atomic mass is 35.5. The molecule has 5 nitrogen and oxygen atoms in total. The van der Waals surface area contributed by atoms with Crippen molar-refractivity contribution in [2.45, 2.75) is 13.0 Å². The van der Waals surface area contributed by atoms with Crippen LogP contribution in [-0.4, -0.2) is 39.9 Å². The second-order valence-electron chi connectivity index (χ2n) is 4.09. The van der Waals surface area contributed by atoms with Crippen LogP contribution in [0.4, 0.5) is 5.82 Å². The van der Waals surface area contributed by atoms with E-state index in [0.29, 0.717) is 10.8 Å². The third-order valence-electron chi connectivity index (χ3n) is 2.82. The molecule has 0 saturated carbocycles. The Labute approximate surface area is 115 Å². The molecule has 1 unspecified atom stereocenters. The van der Waals surface area contributed by atoms with E-state index in [4.69, 9.17) is 17.4 Å². The number of aromatic nitrogens is 1. The Kier molecular flexibility index (Phi) is 4.31. The summed E-state index contributed by atoms with van der Waals surface area (Å²) in [6.45, 7) is 2.76. The van der Waals surface area contributed by atoms with Crippen LogP contribution in [0.5, 0.6) is 0 Å². The summed E-state index contributed by atoms with van der Waals surface area (Å²) < 4.78 is 0. The number of thioether (sulfide) groups is 1. The fourth-order valence-corrected chi connectivity index (χ4v) is 3.04. The number of carbonyl (C=O) groups excluding carboxylic acids is 1. The molecule has 2 rings (SSSR count). The average Bonchev–Trinajstić information content (AvgIpc) is 2.39. The van der Waals surface area contributed by atoms with Crippen LogP contribution in [0.3, 0.4) is 0 Å². The molecule has 7 heteroatoms. The standard InChI is InChI=1S/C11H15ClN4OS/c1-7-6-18-5-4-16(7)11(17)10-8(12)2-3-9(14-10)15-13/h2-3,7H,4-6,13H2,1H3,(H,14,15). The molecule has 18 heavy (non-hydrogen) atoms. The van der Waals surface area contributed by atoms with Crippen molar-refractivity contribution in [3.8, 4) is 0 Å². The molecule has 0 bridgehead atoms. The van der Waals surface area contributed by atoms with E-state index in [-0.39, 0.29) is 17.6 Å². The van der Waals surface area contributed by atoms with Crippen LogP contribution in [0.2, 0.25) is 5.02 Å². The summed E-state index contributed by atoms with van der Waals surface area (Å²) in [5, 5.41) is 0.351. The Morgan fingerprint density at radius 2 is 2.44 bits per heavy atom. The van der Waals surface area contributed by atoms with Crippen LogP contribution in [0.15, 0.2) is 12.1 Å². The lowest BCUT2D eigenvalue weighted by Gasteiger charge is -2.33. The number of hydrogen-bond donors (Lipinski definition) is 2. The molecule has 1 amide bonds. The fourth-order valence-electron chi connectivity index (χ4n) is 1.84. The van der Waals surface area contributed by atoms with Crippen molar-refractivity contribution in [2.75, 3.05) is 23.5 Å². The first kappa shape index (κ1) is 13.5. The minimum atomic E-state index is -0.134. The molecule has 0 aliphatic carbocycles. The van der Waals surface area contributed by atoms with Crippen molar-refractivity contribution in [1.29, 1.82) is 0 Å². The van der Waals surface area contributed by atoms with E-state index in [1.54, 1.807) is 12.1 Å². The number of anilines is 1. The summed E-state index contributed by atoms with van der Waals surface area (Å²) >= 11 is 7.88. The minimum Gasteiger partial charge on any atom is -0.333 e. The Morgan fingerprint density at radius 3 is 3.11 bits per heavy atom. The third-order valence-corrected chi connectivity index (χ3v) is 4.32. The lowest BCUT2D eigenvalue weighted by molar-refractivity contribution is 0.0710. The van der Waals surface area contributed by atoms with Crippen molar-refractivity contribution in [1.82, 2.24) is 9.88 Å². The molecule has 1 aromatic heterocycles. The SMILES string of the molecule is CC1CSCCN1C(=O)c1nc(NN)ccc1Cl. The molecule has 0 aromatic carbocycles. The topological polar surface area (TPSA) is 71.2 Å². The number of nitrogens with two attached hydrogens (primary N) is 1. The highest BCUT2D eigenvalue weighted by molar-refractivity contribution is 7.99. The number of hydrogen-bond acceptors (Lipinski definition) is 5. The predicted octanol–water partition coefficient (Wildman–Crippen LogP) is 1.60. The van der Waals surface area contributed by atoms with Crippen molar-refractivity contribution < 1.29 is 4.79 Å². The zero-order chi connectivity index (χ0) is 13.1. The molecule has 0 radical (unpaired) electrons. The van der Waals surface area contributed by atoms with Crippen LogP contribution in [-0.2, 0) is 0 Å². The maximum atomic E-state index is 12.4. The average molecular weight is 287 g/mol. The number of nitrogens with one attached hydrogen (secondary N) is 1. The molecule has 2 heterocycles. The minimum absolute atomic E-state index is 0.134. The van der Waals surface area contributed by atoms with Crippen LogP contribution in [0.25, 0.3) is 0 Å². The van der Waals surface area contributed by atoms with E-state index in [2.05, 4.69) is 10.4 Å². The van der Waals surface area contributed by atoms with Crippen molar-refractivity contribution >= 4 is 35.1 Å². The molecule has 1 fully saturated rings. The van der Waals surface area contributed by atoms with Crippen LogP contribution in [0.1, 0.15) is 17.4 Å². The van der Waals surface area contributed by atoms with Crippen molar-refractivity contribution in [2.24, 2.45) is 5.84 Å². The second-order valence-corrected chi connectivity index (χ2v) is 5.65. The van der Waals surface area contributed by atoms with Gasteiger partial charge in [-0.25, -0.2) is 10.8 Å². The van der Waals surface area contributed by atoms with Gasteiger partial charge in [0.05, 0.1) is 5.02 Å². The molecule has 1 atom stereocenters. The first-order chi connectivity index (χ1) is 8.63. The number of pyridine rings is 1. The fraction of sp³-hybridized carbons (Fsp3) is 0.455. The van der Waals surface area contributed by atoms with Gasteiger partial charge in [0, 0.05) is 24.1 Å². The highest BCUT2D eigenvalue weighted by Gasteiger charge is 2.27. The van der Waals surface area contributed by atoms with Gasteiger partial charge < -0.3 is 10.3 Å². The Hall–Kier alpha value is -0.980. The van der Waals surface area contributed by atoms with E-state index in [9.17, 15) is 4.79 Å². The van der Waals surface area contributed by atoms with Gasteiger partial charge in [0.15, 0.2) is 0 Å². The lowest BCUT2D eigenvalue weighted by Crippen LogP contribution is -2.44. The predicted molar refractivity (Wildman–Crippen MR) is 74.9 cm³/mol. The van der Waals surface area contributed by atoms with E-state index >= 15 is 0 Å². The van der Waals surface area contributed by atoms with Gasteiger partial charge in [-0.2, -0.15) is 11.8 Å². The van der Waals surface area contributed by atoms with Gasteiger partial charge in [-0.1, -0.05) is 11.6 Å². The number of rotatable bonds is 2. The van der Waals surface area contributed by atoms with E-state index in [0.717, 1.165) is 18.1 Å². The Balaban J connectivity index is 2.27. The first-order valence-electron chi connectivity index (χ1n) is 5.65. The quantitative estimate of drug-likeness (QED) is 0.638. The summed E-state index contributed by atoms with van der Waals surface area (Å²) in [6.07, 6.45) is 0. The largest absolute Gasteiger partial charge is 0.333 e. The van der Waals surface area contributed by atoms with Crippen LogP contribution >= 0.6 is 23.4 Å². The normalized spacial score (nSPS) is 19.7. The summed E-state index contributed by atoms with van der Waals surface area (Å²) in [4.78, 5) is 18.3. The smallest absolute Gasteiger partial charge is 0.274 e. The molecule has 1 aliphatic rings. The van der Waals surface area contributed by atoms with Gasteiger partial charge in [-0.3, -0.25) is 4.79 Å². The van der Waals surface area contributed by atoms with Gasteiger partial charge >= 0.3 is 0 Å². The Bertz CT molecular complexity index is 457. The van der Waals surface area contributed by atoms with Crippen molar-refractivity contribution in [3.05, 3.63) is 22.8 Å². The van der Waals surface area contributed by atoms with E-state index < -0.39 is 0 Å². The van der Waals surface area contributed by atoms with Crippen molar-refractivity contribution in [3.63, 3.8) is 0 Å².